The zero-order valence-corrected chi connectivity index (χ0v) is 12.4. The minimum atomic E-state index is -1.04. The summed E-state index contributed by atoms with van der Waals surface area (Å²) < 4.78 is 0.798. The second-order valence-electron chi connectivity index (χ2n) is 3.93. The summed E-state index contributed by atoms with van der Waals surface area (Å²) in [6.45, 7) is 0. The Hall–Kier alpha value is -2.03. The molecule has 0 heterocycles. The Morgan fingerprint density at radius 2 is 1.95 bits per heavy atom. The lowest BCUT2D eigenvalue weighted by molar-refractivity contribution is 0.0697. The molecule has 0 aliphatic rings. The first-order chi connectivity index (χ1) is 9.51. The van der Waals surface area contributed by atoms with E-state index >= 15 is 0 Å². The van der Waals surface area contributed by atoms with Crippen LogP contribution in [0.1, 0.15) is 15.9 Å². The number of anilines is 2. The third kappa shape index (κ3) is 3.10. The fraction of sp³-hybridized carbons (Fsp3) is 0. The van der Waals surface area contributed by atoms with Crippen molar-refractivity contribution in [3.63, 3.8) is 0 Å². The van der Waals surface area contributed by atoms with Crippen LogP contribution in [0.25, 0.3) is 0 Å². The molecule has 0 aliphatic carbocycles. The molecule has 0 unspecified atom stereocenters. The van der Waals surface area contributed by atoms with E-state index in [2.05, 4.69) is 27.3 Å². The van der Waals surface area contributed by atoms with Crippen LogP contribution >= 0.6 is 27.5 Å². The number of nitrogens with one attached hydrogen (secondary N) is 1. The van der Waals surface area contributed by atoms with Gasteiger partial charge in [-0.3, -0.25) is 0 Å². The molecule has 2 aromatic rings. The van der Waals surface area contributed by atoms with Crippen molar-refractivity contribution >= 4 is 44.9 Å². The third-order valence-corrected chi connectivity index (χ3v) is 3.39. The van der Waals surface area contributed by atoms with Crippen LogP contribution < -0.4 is 5.32 Å². The van der Waals surface area contributed by atoms with E-state index in [9.17, 15) is 4.79 Å². The molecule has 100 valence electrons. The number of nitrogens with zero attached hydrogens (tertiary/aromatic N) is 1. The molecule has 6 heteroatoms. The number of halogens is 2. The number of hydrogen-bond donors (Lipinski definition) is 2. The molecule has 0 aliphatic heterocycles. The molecule has 2 N–H and O–H groups in total. The number of benzene rings is 2. The Morgan fingerprint density at radius 3 is 2.55 bits per heavy atom. The predicted octanol–water partition coefficient (Wildman–Crippen LogP) is 4.42. The Bertz CT molecular complexity index is 726. The first-order valence-corrected chi connectivity index (χ1v) is 6.68. The van der Waals surface area contributed by atoms with Gasteiger partial charge in [-0.25, -0.2) is 4.79 Å². The predicted molar refractivity (Wildman–Crippen MR) is 80.6 cm³/mol. The zero-order chi connectivity index (χ0) is 14.7. The molecule has 2 rings (SSSR count). The number of carboxylic acid groups (broad SMARTS) is 1. The largest absolute Gasteiger partial charge is 0.478 e. The lowest BCUT2D eigenvalue weighted by Crippen LogP contribution is -1.98. The van der Waals surface area contributed by atoms with Gasteiger partial charge in [0, 0.05) is 4.47 Å². The minimum absolute atomic E-state index is 0.108. The van der Waals surface area contributed by atoms with Crippen molar-refractivity contribution in [2.45, 2.75) is 0 Å². The molecule has 0 aromatic heterocycles. The molecule has 0 saturated heterocycles. The summed E-state index contributed by atoms with van der Waals surface area (Å²) in [5.41, 5.74) is 1.70. The zero-order valence-electron chi connectivity index (χ0n) is 10.0. The molecule has 0 atom stereocenters. The summed E-state index contributed by atoms with van der Waals surface area (Å²) in [6.07, 6.45) is 0. The van der Waals surface area contributed by atoms with E-state index in [1.54, 1.807) is 24.3 Å². The summed E-state index contributed by atoms with van der Waals surface area (Å²) in [4.78, 5) is 10.8. The van der Waals surface area contributed by atoms with Gasteiger partial charge in [-0.2, -0.15) is 5.26 Å². The molecule has 0 bridgehead atoms. The van der Waals surface area contributed by atoms with Gasteiger partial charge >= 0.3 is 5.97 Å². The van der Waals surface area contributed by atoms with Crippen molar-refractivity contribution < 1.29 is 9.90 Å². The van der Waals surface area contributed by atoms with E-state index in [0.717, 1.165) is 4.47 Å². The van der Waals surface area contributed by atoms with E-state index in [1.165, 1.54) is 12.1 Å². The van der Waals surface area contributed by atoms with Crippen LogP contribution in [0.3, 0.4) is 0 Å². The first kappa shape index (κ1) is 14.4. The van der Waals surface area contributed by atoms with Crippen LogP contribution in [-0.4, -0.2) is 11.1 Å². The number of rotatable bonds is 3. The number of aromatic carboxylic acids is 1. The van der Waals surface area contributed by atoms with Crippen molar-refractivity contribution in [3.05, 3.63) is 57.0 Å². The van der Waals surface area contributed by atoms with Gasteiger partial charge in [0.1, 0.15) is 6.07 Å². The van der Waals surface area contributed by atoms with Gasteiger partial charge in [0.05, 0.1) is 27.5 Å². The van der Waals surface area contributed by atoms with Gasteiger partial charge in [-0.15, -0.1) is 0 Å². The second-order valence-corrected chi connectivity index (χ2v) is 5.25. The number of nitriles is 1. The summed E-state index contributed by atoms with van der Waals surface area (Å²) in [5, 5.41) is 21.3. The molecule has 20 heavy (non-hydrogen) atoms. The van der Waals surface area contributed by atoms with Crippen LogP contribution in [0, 0.1) is 11.3 Å². The fourth-order valence-corrected chi connectivity index (χ4v) is 2.20. The van der Waals surface area contributed by atoms with Crippen molar-refractivity contribution in [1.82, 2.24) is 0 Å². The highest BCUT2D eigenvalue weighted by Gasteiger charge is 2.09. The molecular weight excluding hydrogens is 344 g/mol. The van der Waals surface area contributed by atoms with Crippen LogP contribution in [0.4, 0.5) is 11.4 Å². The summed E-state index contributed by atoms with van der Waals surface area (Å²) >= 11 is 9.32. The van der Waals surface area contributed by atoms with Gasteiger partial charge in [0.25, 0.3) is 0 Å². The van der Waals surface area contributed by atoms with Crippen LogP contribution in [0.5, 0.6) is 0 Å². The molecule has 0 fully saturated rings. The lowest BCUT2D eigenvalue weighted by Gasteiger charge is -2.10. The first-order valence-electron chi connectivity index (χ1n) is 5.51. The van der Waals surface area contributed by atoms with E-state index in [1.807, 2.05) is 0 Å². The van der Waals surface area contributed by atoms with E-state index in [0.29, 0.717) is 16.9 Å². The van der Waals surface area contributed by atoms with Gasteiger partial charge < -0.3 is 10.4 Å². The molecule has 2 aromatic carbocycles. The highest BCUT2D eigenvalue weighted by atomic mass is 79.9. The second kappa shape index (κ2) is 5.95. The van der Waals surface area contributed by atoms with Crippen molar-refractivity contribution in [3.8, 4) is 6.07 Å². The normalized spacial score (nSPS) is 9.85. The summed E-state index contributed by atoms with van der Waals surface area (Å²) in [7, 11) is 0. The van der Waals surface area contributed by atoms with E-state index in [-0.39, 0.29) is 10.6 Å². The summed E-state index contributed by atoms with van der Waals surface area (Å²) in [5.74, 6) is -1.04. The summed E-state index contributed by atoms with van der Waals surface area (Å²) in [6, 6.07) is 11.7. The Morgan fingerprint density at radius 1 is 1.25 bits per heavy atom. The van der Waals surface area contributed by atoms with Crippen LogP contribution in [0.15, 0.2) is 40.9 Å². The SMILES string of the molecule is N#Cc1cc(Br)ccc1Nc1ccc(C(=O)O)cc1Cl. The Kier molecular flexibility index (Phi) is 4.28. The fourth-order valence-electron chi connectivity index (χ4n) is 1.61. The Balaban J connectivity index is 2.36. The standard InChI is InChI=1S/C14H8BrClN2O2/c15-10-2-4-12(9(5-10)7-17)18-13-3-1-8(14(19)20)6-11(13)16/h1-6,18H,(H,19,20). The highest BCUT2D eigenvalue weighted by molar-refractivity contribution is 9.10. The average molecular weight is 352 g/mol. The number of carboxylic acids is 1. The van der Waals surface area contributed by atoms with E-state index in [4.69, 9.17) is 22.0 Å². The molecule has 0 radical (unpaired) electrons. The maximum Gasteiger partial charge on any atom is 0.335 e. The Labute approximate surface area is 128 Å². The smallest absolute Gasteiger partial charge is 0.335 e. The lowest BCUT2D eigenvalue weighted by atomic mass is 10.1. The van der Waals surface area contributed by atoms with Crippen LogP contribution in [-0.2, 0) is 0 Å². The molecule has 0 saturated carbocycles. The van der Waals surface area contributed by atoms with Crippen LogP contribution in [0.2, 0.25) is 5.02 Å². The molecule has 0 amide bonds. The molecule has 0 spiro atoms. The maximum absolute atomic E-state index is 10.8. The third-order valence-electron chi connectivity index (χ3n) is 2.59. The quantitative estimate of drug-likeness (QED) is 0.858. The van der Waals surface area contributed by atoms with Gasteiger partial charge in [-0.1, -0.05) is 27.5 Å². The van der Waals surface area contributed by atoms with E-state index < -0.39 is 5.97 Å². The molecular formula is C14H8BrClN2O2. The average Bonchev–Trinajstić information content (AvgIpc) is 2.42. The highest BCUT2D eigenvalue weighted by Crippen LogP contribution is 2.29. The molecule has 4 nitrogen and oxygen atoms in total. The van der Waals surface area contributed by atoms with Gasteiger partial charge in [0.2, 0.25) is 0 Å². The number of carbonyl (C=O) groups is 1. The topological polar surface area (TPSA) is 73.1 Å². The van der Waals surface area contributed by atoms with Crippen molar-refractivity contribution in [2.24, 2.45) is 0 Å². The monoisotopic (exact) mass is 350 g/mol. The minimum Gasteiger partial charge on any atom is -0.478 e. The maximum atomic E-state index is 10.8. The van der Waals surface area contributed by atoms with Crippen molar-refractivity contribution in [2.75, 3.05) is 5.32 Å². The van der Waals surface area contributed by atoms with Gasteiger partial charge in [-0.05, 0) is 36.4 Å². The van der Waals surface area contributed by atoms with Crippen molar-refractivity contribution in [1.29, 1.82) is 5.26 Å². The van der Waals surface area contributed by atoms with Gasteiger partial charge in [0.15, 0.2) is 0 Å². The number of hydrogen-bond acceptors (Lipinski definition) is 3.